The van der Waals surface area contributed by atoms with Crippen molar-refractivity contribution in [3.8, 4) is 0 Å². The van der Waals surface area contributed by atoms with E-state index in [4.69, 9.17) is 11.5 Å². The number of rotatable bonds is 5. The van der Waals surface area contributed by atoms with Gasteiger partial charge in [0.15, 0.2) is 0 Å². The standard InChI is InChI=1S/C13H18N4S/c1-9-4-2-3-5-10(9)8-12-16-13(18-17-12)11(15)6-7-14/h2-5,11H,6-8,14-15H2,1H3. The first kappa shape index (κ1) is 13.1. The molecule has 5 heteroatoms. The summed E-state index contributed by atoms with van der Waals surface area (Å²) in [7, 11) is 0. The van der Waals surface area contributed by atoms with E-state index in [-0.39, 0.29) is 6.04 Å². The van der Waals surface area contributed by atoms with Crippen LogP contribution in [0.4, 0.5) is 0 Å². The molecule has 1 heterocycles. The van der Waals surface area contributed by atoms with Gasteiger partial charge in [0.25, 0.3) is 0 Å². The molecule has 0 bridgehead atoms. The van der Waals surface area contributed by atoms with E-state index < -0.39 is 0 Å². The first-order valence-electron chi connectivity index (χ1n) is 6.03. The van der Waals surface area contributed by atoms with Gasteiger partial charge in [0.05, 0.1) is 6.04 Å². The minimum absolute atomic E-state index is 0.0851. The Bertz CT molecular complexity index is 509. The van der Waals surface area contributed by atoms with E-state index in [9.17, 15) is 0 Å². The highest BCUT2D eigenvalue weighted by atomic mass is 32.1. The third kappa shape index (κ3) is 3.13. The number of nitrogens with zero attached hydrogens (tertiary/aromatic N) is 2. The number of hydrogen-bond acceptors (Lipinski definition) is 5. The van der Waals surface area contributed by atoms with Gasteiger partial charge in [0.2, 0.25) is 0 Å². The third-order valence-corrected chi connectivity index (χ3v) is 3.77. The van der Waals surface area contributed by atoms with E-state index in [0.717, 1.165) is 23.7 Å². The molecular formula is C13H18N4S. The predicted octanol–water partition coefficient (Wildman–Crippen LogP) is 1.79. The van der Waals surface area contributed by atoms with Crippen molar-refractivity contribution in [2.24, 2.45) is 11.5 Å². The van der Waals surface area contributed by atoms with E-state index in [1.807, 2.05) is 12.1 Å². The second-order valence-electron chi connectivity index (χ2n) is 4.34. The first-order valence-corrected chi connectivity index (χ1v) is 6.80. The van der Waals surface area contributed by atoms with Gasteiger partial charge < -0.3 is 11.5 Å². The van der Waals surface area contributed by atoms with Crippen LogP contribution in [0.2, 0.25) is 0 Å². The van der Waals surface area contributed by atoms with Gasteiger partial charge in [-0.15, -0.1) is 0 Å². The van der Waals surface area contributed by atoms with Crippen LogP contribution >= 0.6 is 11.5 Å². The maximum Gasteiger partial charge on any atom is 0.147 e. The van der Waals surface area contributed by atoms with Crippen LogP contribution in [0.3, 0.4) is 0 Å². The molecule has 0 fully saturated rings. The molecule has 0 aliphatic rings. The zero-order valence-electron chi connectivity index (χ0n) is 10.5. The maximum atomic E-state index is 5.97. The molecule has 4 nitrogen and oxygen atoms in total. The second kappa shape index (κ2) is 6.04. The van der Waals surface area contributed by atoms with Gasteiger partial charge in [-0.3, -0.25) is 0 Å². The molecule has 0 saturated carbocycles. The molecule has 1 atom stereocenters. The van der Waals surface area contributed by atoms with Gasteiger partial charge in [-0.1, -0.05) is 24.3 Å². The summed E-state index contributed by atoms with van der Waals surface area (Å²) < 4.78 is 4.37. The summed E-state index contributed by atoms with van der Waals surface area (Å²) in [6.07, 6.45) is 1.51. The molecule has 0 amide bonds. The largest absolute Gasteiger partial charge is 0.330 e. The molecule has 18 heavy (non-hydrogen) atoms. The Morgan fingerprint density at radius 1 is 1.33 bits per heavy atom. The summed E-state index contributed by atoms with van der Waals surface area (Å²) in [4.78, 5) is 4.49. The Morgan fingerprint density at radius 2 is 2.11 bits per heavy atom. The summed E-state index contributed by atoms with van der Waals surface area (Å²) in [5, 5.41) is 0.879. The fraction of sp³-hybridized carbons (Fsp3) is 0.385. The van der Waals surface area contributed by atoms with Gasteiger partial charge in [-0.2, -0.15) is 4.37 Å². The number of benzene rings is 1. The highest BCUT2D eigenvalue weighted by Gasteiger charge is 2.12. The summed E-state index contributed by atoms with van der Waals surface area (Å²) >= 11 is 1.38. The Hall–Kier alpha value is -1.30. The first-order chi connectivity index (χ1) is 8.70. The van der Waals surface area contributed by atoms with E-state index in [0.29, 0.717) is 6.54 Å². The Labute approximate surface area is 111 Å². The molecule has 2 aromatic rings. The topological polar surface area (TPSA) is 77.8 Å². The summed E-state index contributed by atoms with van der Waals surface area (Å²) in [5.74, 6) is 0.844. The van der Waals surface area contributed by atoms with Gasteiger partial charge in [0, 0.05) is 6.42 Å². The van der Waals surface area contributed by atoms with Crippen LogP contribution < -0.4 is 11.5 Å². The summed E-state index contributed by atoms with van der Waals surface area (Å²) in [6.45, 7) is 2.68. The third-order valence-electron chi connectivity index (χ3n) is 2.89. The van der Waals surface area contributed by atoms with Gasteiger partial charge in [-0.25, -0.2) is 4.98 Å². The van der Waals surface area contributed by atoms with Crippen LogP contribution in [-0.2, 0) is 6.42 Å². The fourth-order valence-electron chi connectivity index (χ4n) is 1.77. The van der Waals surface area contributed by atoms with Crippen molar-refractivity contribution in [1.29, 1.82) is 0 Å². The average Bonchev–Trinajstić information content (AvgIpc) is 2.81. The van der Waals surface area contributed by atoms with Crippen molar-refractivity contribution in [2.45, 2.75) is 25.8 Å². The number of aryl methyl sites for hydroxylation is 1. The highest BCUT2D eigenvalue weighted by Crippen LogP contribution is 2.18. The number of nitrogens with two attached hydrogens (primary N) is 2. The SMILES string of the molecule is Cc1ccccc1Cc1nsc(C(N)CCN)n1. The molecule has 0 aliphatic heterocycles. The average molecular weight is 262 g/mol. The minimum atomic E-state index is -0.0851. The number of hydrogen-bond donors (Lipinski definition) is 2. The molecule has 0 saturated heterocycles. The predicted molar refractivity (Wildman–Crippen MR) is 74.5 cm³/mol. The van der Waals surface area contributed by atoms with Crippen LogP contribution in [0.15, 0.2) is 24.3 Å². The lowest BCUT2D eigenvalue weighted by atomic mass is 10.1. The summed E-state index contributed by atoms with van der Waals surface area (Å²) in [6, 6.07) is 8.20. The molecule has 2 rings (SSSR count). The van der Waals surface area contributed by atoms with Gasteiger partial charge in [0.1, 0.15) is 10.8 Å². The van der Waals surface area contributed by atoms with Crippen molar-refractivity contribution >= 4 is 11.5 Å². The molecule has 0 aliphatic carbocycles. The number of aromatic nitrogens is 2. The molecule has 0 spiro atoms. The summed E-state index contributed by atoms with van der Waals surface area (Å²) in [5.41, 5.74) is 14.0. The highest BCUT2D eigenvalue weighted by molar-refractivity contribution is 7.05. The quantitative estimate of drug-likeness (QED) is 0.861. The lowest BCUT2D eigenvalue weighted by molar-refractivity contribution is 0.654. The fourth-order valence-corrected chi connectivity index (χ4v) is 2.48. The molecule has 96 valence electrons. The lowest BCUT2D eigenvalue weighted by Crippen LogP contribution is -2.15. The lowest BCUT2D eigenvalue weighted by Gasteiger charge is -2.04. The van der Waals surface area contributed by atoms with Gasteiger partial charge >= 0.3 is 0 Å². The Balaban J connectivity index is 2.09. The molecule has 4 N–H and O–H groups in total. The molecule has 0 radical (unpaired) electrons. The molecule has 1 unspecified atom stereocenters. The van der Waals surface area contributed by atoms with Crippen LogP contribution in [0.25, 0.3) is 0 Å². The van der Waals surface area contributed by atoms with Crippen molar-refractivity contribution in [3.63, 3.8) is 0 Å². The van der Waals surface area contributed by atoms with Crippen LogP contribution in [0.5, 0.6) is 0 Å². The van der Waals surface area contributed by atoms with Crippen molar-refractivity contribution < 1.29 is 0 Å². The molecule has 1 aromatic carbocycles. The van der Waals surface area contributed by atoms with Crippen LogP contribution in [0, 0.1) is 6.92 Å². The smallest absolute Gasteiger partial charge is 0.147 e. The van der Waals surface area contributed by atoms with Crippen molar-refractivity contribution in [1.82, 2.24) is 9.36 Å². The van der Waals surface area contributed by atoms with Crippen molar-refractivity contribution in [3.05, 3.63) is 46.2 Å². The van der Waals surface area contributed by atoms with E-state index in [2.05, 4.69) is 28.4 Å². The molecule has 1 aromatic heterocycles. The molecular weight excluding hydrogens is 244 g/mol. The maximum absolute atomic E-state index is 5.97. The zero-order chi connectivity index (χ0) is 13.0. The van der Waals surface area contributed by atoms with E-state index in [1.165, 1.54) is 22.7 Å². The zero-order valence-corrected chi connectivity index (χ0v) is 11.3. The van der Waals surface area contributed by atoms with Crippen LogP contribution in [-0.4, -0.2) is 15.9 Å². The van der Waals surface area contributed by atoms with Crippen molar-refractivity contribution in [2.75, 3.05) is 6.54 Å². The minimum Gasteiger partial charge on any atom is -0.330 e. The Kier molecular flexibility index (Phi) is 4.41. The van der Waals surface area contributed by atoms with E-state index in [1.54, 1.807) is 0 Å². The second-order valence-corrected chi connectivity index (χ2v) is 5.12. The van der Waals surface area contributed by atoms with Crippen LogP contribution in [0.1, 0.15) is 34.4 Å². The van der Waals surface area contributed by atoms with Gasteiger partial charge in [-0.05, 0) is 42.5 Å². The monoisotopic (exact) mass is 262 g/mol. The normalized spacial score (nSPS) is 12.6. The van der Waals surface area contributed by atoms with E-state index >= 15 is 0 Å². The Morgan fingerprint density at radius 3 is 2.83 bits per heavy atom.